The van der Waals surface area contributed by atoms with Gasteiger partial charge in [0.2, 0.25) is 0 Å². The van der Waals surface area contributed by atoms with Crippen LogP contribution < -0.4 is 5.73 Å². The summed E-state index contributed by atoms with van der Waals surface area (Å²) >= 11 is 12.2. The van der Waals surface area contributed by atoms with Crippen molar-refractivity contribution in [3.05, 3.63) is 93.0 Å². The molecular weight excluding hydrogens is 518 g/mol. The molecule has 2 N–H and O–H groups in total. The van der Waals surface area contributed by atoms with Crippen LogP contribution in [-0.2, 0) is 16.9 Å². The van der Waals surface area contributed by atoms with Crippen molar-refractivity contribution in [2.45, 2.75) is 25.0 Å². The third kappa shape index (κ3) is 4.01. The zero-order valence-corrected chi connectivity index (χ0v) is 21.0. The van der Waals surface area contributed by atoms with Gasteiger partial charge in [-0.05, 0) is 30.3 Å². The van der Waals surface area contributed by atoms with Crippen LogP contribution in [-0.4, -0.2) is 39.4 Å². The lowest BCUT2D eigenvalue weighted by atomic mass is 9.83. The summed E-state index contributed by atoms with van der Waals surface area (Å²) in [4.78, 5) is 32.0. The Balaban J connectivity index is 1.29. The van der Waals surface area contributed by atoms with E-state index in [0.29, 0.717) is 59.6 Å². The molecule has 0 bridgehead atoms. The highest BCUT2D eigenvalue weighted by Crippen LogP contribution is 2.44. The number of esters is 1. The van der Waals surface area contributed by atoms with E-state index >= 15 is 0 Å². The first-order valence-electron chi connectivity index (χ1n) is 11.8. The fourth-order valence-electron chi connectivity index (χ4n) is 5.35. The van der Waals surface area contributed by atoms with Gasteiger partial charge in [-0.25, -0.2) is 14.2 Å². The number of likely N-dealkylation sites (tertiary alicyclic amines) is 1. The lowest BCUT2D eigenvalue weighted by Crippen LogP contribution is -2.45. The van der Waals surface area contributed by atoms with E-state index in [2.05, 4.69) is 4.98 Å². The van der Waals surface area contributed by atoms with E-state index in [-0.39, 0.29) is 11.5 Å². The van der Waals surface area contributed by atoms with E-state index in [1.54, 1.807) is 35.4 Å². The number of nitrogens with zero attached hydrogens (tertiary/aromatic N) is 3. The lowest BCUT2D eigenvalue weighted by molar-refractivity contribution is -0.0389. The Morgan fingerprint density at radius 3 is 2.65 bits per heavy atom. The fourth-order valence-corrected chi connectivity index (χ4v) is 5.67. The molecule has 1 saturated heterocycles. The molecule has 2 aromatic carbocycles. The van der Waals surface area contributed by atoms with Crippen molar-refractivity contribution in [3.63, 3.8) is 0 Å². The van der Waals surface area contributed by atoms with Crippen LogP contribution in [0.25, 0.3) is 10.9 Å². The van der Waals surface area contributed by atoms with Gasteiger partial charge in [0.15, 0.2) is 0 Å². The first-order valence-corrected chi connectivity index (χ1v) is 12.5. The van der Waals surface area contributed by atoms with Gasteiger partial charge in [-0.3, -0.25) is 4.79 Å². The van der Waals surface area contributed by atoms with E-state index in [4.69, 9.17) is 33.7 Å². The third-order valence-electron chi connectivity index (χ3n) is 7.23. The quantitative estimate of drug-likeness (QED) is 0.278. The molecule has 2 aliphatic rings. The molecule has 188 valence electrons. The smallest absolute Gasteiger partial charge is 0.339 e. The third-order valence-corrected chi connectivity index (χ3v) is 7.68. The van der Waals surface area contributed by atoms with Crippen LogP contribution in [0.15, 0.2) is 54.7 Å². The highest BCUT2D eigenvalue weighted by Gasteiger charge is 2.48. The maximum atomic E-state index is 13.7. The second kappa shape index (κ2) is 8.75. The van der Waals surface area contributed by atoms with Gasteiger partial charge >= 0.3 is 5.97 Å². The fraction of sp³-hybridized carbons (Fsp3) is 0.222. The summed E-state index contributed by atoms with van der Waals surface area (Å²) in [5.41, 5.74) is 8.27. The molecule has 6 rings (SSSR count). The predicted molar refractivity (Wildman–Crippen MR) is 138 cm³/mol. The minimum absolute atomic E-state index is 0.133. The number of benzene rings is 2. The van der Waals surface area contributed by atoms with Crippen LogP contribution in [0.2, 0.25) is 10.2 Å². The Kier molecular flexibility index (Phi) is 5.62. The molecule has 37 heavy (non-hydrogen) atoms. The second-order valence-electron chi connectivity index (χ2n) is 9.38. The number of nitrogen functional groups attached to an aromatic ring is 1. The molecule has 7 nitrogen and oxygen atoms in total. The lowest BCUT2D eigenvalue weighted by Gasteiger charge is -2.38. The molecule has 1 amide bonds. The number of fused-ring (bicyclic) bond motifs is 3. The molecule has 10 heteroatoms. The molecule has 0 aliphatic carbocycles. The van der Waals surface area contributed by atoms with E-state index in [1.165, 1.54) is 12.1 Å². The molecule has 0 radical (unpaired) electrons. The molecule has 1 spiro atoms. The second-order valence-corrected chi connectivity index (χ2v) is 10.2. The van der Waals surface area contributed by atoms with Crippen molar-refractivity contribution < 1.29 is 18.7 Å². The minimum atomic E-state index is -0.836. The standard InChI is InChI=1S/C27H21Cl2FN4O3/c28-16-2-4-18-20(14-34(22(18)11-16)13-15-1-6-23(29)32-24(15)31)25(35)33-9-7-27(8-10-33)21-5-3-17(30)12-19(21)26(36)37-27/h1-6,11-12,14H,7-10,13H2,(H2,31,32). The molecule has 0 atom stereocenters. The van der Waals surface area contributed by atoms with Crippen molar-refractivity contribution in [1.82, 2.24) is 14.5 Å². The maximum absolute atomic E-state index is 13.7. The summed E-state index contributed by atoms with van der Waals surface area (Å²) < 4.78 is 21.3. The van der Waals surface area contributed by atoms with Gasteiger partial charge in [-0.1, -0.05) is 41.4 Å². The van der Waals surface area contributed by atoms with Crippen molar-refractivity contribution in [3.8, 4) is 0 Å². The zero-order chi connectivity index (χ0) is 25.9. The number of pyridine rings is 1. The molecule has 0 saturated carbocycles. The SMILES string of the molecule is Nc1nc(Cl)ccc1Cn1cc(C(=O)N2CCC3(CC2)OC(=O)c2cc(F)ccc23)c2ccc(Cl)cc21. The van der Waals surface area contributed by atoms with Crippen LogP contribution in [0, 0.1) is 5.82 Å². The van der Waals surface area contributed by atoms with Crippen LogP contribution in [0.5, 0.6) is 0 Å². The maximum Gasteiger partial charge on any atom is 0.339 e. The number of hydrogen-bond donors (Lipinski definition) is 1. The summed E-state index contributed by atoms with van der Waals surface area (Å²) in [6.07, 6.45) is 2.66. The van der Waals surface area contributed by atoms with Gasteiger partial charge in [-0.15, -0.1) is 0 Å². The number of rotatable bonds is 3. The van der Waals surface area contributed by atoms with Gasteiger partial charge in [-0.2, -0.15) is 0 Å². The Morgan fingerprint density at radius 2 is 1.89 bits per heavy atom. The summed E-state index contributed by atoms with van der Waals surface area (Å²) in [5.74, 6) is -0.818. The van der Waals surface area contributed by atoms with Crippen molar-refractivity contribution >= 4 is 51.8 Å². The number of anilines is 1. The molecule has 2 aromatic heterocycles. The predicted octanol–water partition coefficient (Wildman–Crippen LogP) is 5.41. The Morgan fingerprint density at radius 1 is 1.11 bits per heavy atom. The minimum Gasteiger partial charge on any atom is -0.450 e. The molecule has 0 unspecified atom stereocenters. The van der Waals surface area contributed by atoms with Crippen LogP contribution in [0.1, 0.15) is 44.7 Å². The summed E-state index contributed by atoms with van der Waals surface area (Å²) in [6, 6.07) is 13.0. The number of piperidine rings is 1. The highest BCUT2D eigenvalue weighted by atomic mass is 35.5. The number of amides is 1. The molecule has 2 aliphatic heterocycles. The largest absolute Gasteiger partial charge is 0.450 e. The van der Waals surface area contributed by atoms with E-state index < -0.39 is 17.4 Å². The molecule has 4 heterocycles. The van der Waals surface area contributed by atoms with Gasteiger partial charge in [0.1, 0.15) is 22.4 Å². The Bertz CT molecular complexity index is 1590. The zero-order valence-electron chi connectivity index (χ0n) is 19.5. The Labute approximate surface area is 221 Å². The van der Waals surface area contributed by atoms with Crippen LogP contribution >= 0.6 is 23.2 Å². The van der Waals surface area contributed by atoms with Crippen molar-refractivity contribution in [2.75, 3.05) is 18.8 Å². The highest BCUT2D eigenvalue weighted by molar-refractivity contribution is 6.31. The molecule has 1 fully saturated rings. The van der Waals surface area contributed by atoms with Crippen molar-refractivity contribution in [1.29, 1.82) is 0 Å². The Hall–Kier alpha value is -3.62. The van der Waals surface area contributed by atoms with Gasteiger partial charge in [0.05, 0.1) is 23.2 Å². The number of nitrogens with two attached hydrogens (primary N) is 1. The average molecular weight is 539 g/mol. The summed E-state index contributed by atoms with van der Waals surface area (Å²) in [7, 11) is 0. The summed E-state index contributed by atoms with van der Waals surface area (Å²) in [6.45, 7) is 1.15. The number of hydrogen-bond acceptors (Lipinski definition) is 5. The first kappa shape index (κ1) is 23.8. The van der Waals surface area contributed by atoms with Crippen LogP contribution in [0.4, 0.5) is 10.2 Å². The van der Waals surface area contributed by atoms with Gasteiger partial charge in [0, 0.05) is 53.7 Å². The number of aromatic nitrogens is 2. The number of ether oxygens (including phenoxy) is 1. The van der Waals surface area contributed by atoms with Gasteiger partial charge in [0.25, 0.3) is 5.91 Å². The average Bonchev–Trinajstić information content (AvgIpc) is 3.35. The van der Waals surface area contributed by atoms with Crippen molar-refractivity contribution in [2.24, 2.45) is 0 Å². The number of carbonyl (C=O) groups is 2. The molecular formula is C27H21Cl2FN4O3. The number of halogens is 3. The van der Waals surface area contributed by atoms with Crippen LogP contribution in [0.3, 0.4) is 0 Å². The number of carbonyl (C=O) groups excluding carboxylic acids is 2. The monoisotopic (exact) mass is 538 g/mol. The van der Waals surface area contributed by atoms with E-state index in [9.17, 15) is 14.0 Å². The van der Waals surface area contributed by atoms with Gasteiger partial charge < -0.3 is 19.9 Å². The van der Waals surface area contributed by atoms with E-state index in [1.807, 2.05) is 16.7 Å². The topological polar surface area (TPSA) is 90.4 Å². The molecule has 4 aromatic rings. The van der Waals surface area contributed by atoms with E-state index in [0.717, 1.165) is 16.5 Å². The summed E-state index contributed by atoms with van der Waals surface area (Å²) in [5, 5.41) is 1.62. The first-order chi connectivity index (χ1) is 17.7. The normalized spacial score (nSPS) is 16.3.